The SMILES string of the molecule is COc1ccc(NC(=O)C(C)(C)C)c(Cl)c1. The van der Waals surface area contributed by atoms with Gasteiger partial charge in [0, 0.05) is 11.5 Å². The molecule has 1 amide bonds. The van der Waals surface area contributed by atoms with E-state index < -0.39 is 5.41 Å². The molecule has 0 radical (unpaired) electrons. The summed E-state index contributed by atoms with van der Waals surface area (Å²) in [7, 11) is 1.57. The number of hydrogen-bond acceptors (Lipinski definition) is 2. The molecule has 1 rings (SSSR count). The van der Waals surface area contributed by atoms with Crippen molar-refractivity contribution in [3.63, 3.8) is 0 Å². The largest absolute Gasteiger partial charge is 0.497 e. The van der Waals surface area contributed by atoms with E-state index in [1.807, 2.05) is 20.8 Å². The van der Waals surface area contributed by atoms with Crippen LogP contribution in [0.25, 0.3) is 0 Å². The topological polar surface area (TPSA) is 38.3 Å². The van der Waals surface area contributed by atoms with Crippen LogP contribution in [-0.4, -0.2) is 13.0 Å². The van der Waals surface area contributed by atoms with E-state index in [4.69, 9.17) is 16.3 Å². The second-order valence-electron chi connectivity index (χ2n) is 4.55. The second kappa shape index (κ2) is 4.74. The zero-order chi connectivity index (χ0) is 12.3. The number of carbonyl (C=O) groups is 1. The number of anilines is 1. The highest BCUT2D eigenvalue weighted by Crippen LogP contribution is 2.28. The first-order chi connectivity index (χ1) is 7.34. The molecule has 16 heavy (non-hydrogen) atoms. The van der Waals surface area contributed by atoms with Gasteiger partial charge < -0.3 is 10.1 Å². The summed E-state index contributed by atoms with van der Waals surface area (Å²) < 4.78 is 5.03. The summed E-state index contributed by atoms with van der Waals surface area (Å²) in [5, 5.41) is 3.24. The molecule has 3 nitrogen and oxygen atoms in total. The van der Waals surface area contributed by atoms with Crippen molar-refractivity contribution in [3.8, 4) is 5.75 Å². The lowest BCUT2D eigenvalue weighted by molar-refractivity contribution is -0.123. The highest BCUT2D eigenvalue weighted by Gasteiger charge is 2.21. The van der Waals surface area contributed by atoms with Crippen molar-refractivity contribution in [1.82, 2.24) is 0 Å². The lowest BCUT2D eigenvalue weighted by atomic mass is 9.95. The number of ether oxygens (including phenoxy) is 1. The van der Waals surface area contributed by atoms with E-state index in [0.29, 0.717) is 16.5 Å². The normalized spacial score (nSPS) is 11.1. The summed E-state index contributed by atoms with van der Waals surface area (Å²) in [6.45, 7) is 5.54. The first-order valence-electron chi connectivity index (χ1n) is 4.99. The van der Waals surface area contributed by atoms with Crippen LogP contribution in [0.5, 0.6) is 5.75 Å². The molecule has 1 aromatic rings. The van der Waals surface area contributed by atoms with E-state index in [1.165, 1.54) is 0 Å². The Morgan fingerprint density at radius 1 is 1.38 bits per heavy atom. The van der Waals surface area contributed by atoms with Crippen LogP contribution < -0.4 is 10.1 Å². The molecule has 0 unspecified atom stereocenters. The molecule has 0 aliphatic carbocycles. The monoisotopic (exact) mass is 241 g/mol. The lowest BCUT2D eigenvalue weighted by Crippen LogP contribution is -2.27. The van der Waals surface area contributed by atoms with Gasteiger partial charge in [0.05, 0.1) is 17.8 Å². The Morgan fingerprint density at radius 2 is 2.00 bits per heavy atom. The summed E-state index contributed by atoms with van der Waals surface area (Å²) >= 11 is 6.01. The van der Waals surface area contributed by atoms with Gasteiger partial charge in [-0.05, 0) is 12.1 Å². The predicted octanol–water partition coefficient (Wildman–Crippen LogP) is 3.33. The number of amides is 1. The summed E-state index contributed by atoms with van der Waals surface area (Å²) in [5.74, 6) is 0.596. The third kappa shape index (κ3) is 3.14. The Labute approximate surface area is 101 Å². The van der Waals surface area contributed by atoms with Gasteiger partial charge in [-0.2, -0.15) is 0 Å². The lowest BCUT2D eigenvalue weighted by Gasteiger charge is -2.18. The molecule has 0 aliphatic heterocycles. The maximum absolute atomic E-state index is 11.7. The molecular weight excluding hydrogens is 226 g/mol. The quantitative estimate of drug-likeness (QED) is 0.863. The molecular formula is C12H16ClNO2. The molecule has 0 atom stereocenters. The van der Waals surface area contributed by atoms with Gasteiger partial charge in [-0.1, -0.05) is 32.4 Å². The number of benzene rings is 1. The van der Waals surface area contributed by atoms with Crippen LogP contribution in [0.4, 0.5) is 5.69 Å². The standard InChI is InChI=1S/C12H16ClNO2/c1-12(2,3)11(15)14-10-6-5-8(16-4)7-9(10)13/h5-7H,1-4H3,(H,14,15). The minimum atomic E-state index is -0.441. The number of carbonyl (C=O) groups excluding carboxylic acids is 1. The van der Waals surface area contributed by atoms with Gasteiger partial charge in [0.15, 0.2) is 0 Å². The minimum Gasteiger partial charge on any atom is -0.497 e. The second-order valence-corrected chi connectivity index (χ2v) is 4.96. The van der Waals surface area contributed by atoms with Crippen molar-refractivity contribution in [2.24, 2.45) is 5.41 Å². The Morgan fingerprint density at radius 3 is 2.44 bits per heavy atom. The van der Waals surface area contributed by atoms with Crippen molar-refractivity contribution >= 4 is 23.2 Å². The average Bonchev–Trinajstić information content (AvgIpc) is 2.19. The number of halogens is 1. The predicted molar refractivity (Wildman–Crippen MR) is 66.1 cm³/mol. The summed E-state index contributed by atoms with van der Waals surface area (Å²) in [6, 6.07) is 5.15. The van der Waals surface area contributed by atoms with E-state index in [1.54, 1.807) is 25.3 Å². The number of methoxy groups -OCH3 is 1. The van der Waals surface area contributed by atoms with Crippen molar-refractivity contribution in [1.29, 1.82) is 0 Å². The van der Waals surface area contributed by atoms with Crippen LogP contribution in [0.15, 0.2) is 18.2 Å². The van der Waals surface area contributed by atoms with Gasteiger partial charge in [-0.3, -0.25) is 4.79 Å². The van der Waals surface area contributed by atoms with Gasteiger partial charge in [0.2, 0.25) is 5.91 Å². The van der Waals surface area contributed by atoms with Crippen LogP contribution >= 0.6 is 11.6 Å². The van der Waals surface area contributed by atoms with Crippen molar-refractivity contribution in [2.45, 2.75) is 20.8 Å². The zero-order valence-corrected chi connectivity index (χ0v) is 10.7. The number of nitrogens with one attached hydrogen (secondary N) is 1. The third-order valence-corrected chi connectivity index (χ3v) is 2.42. The van der Waals surface area contributed by atoms with Gasteiger partial charge >= 0.3 is 0 Å². The molecule has 0 saturated carbocycles. The highest BCUT2D eigenvalue weighted by molar-refractivity contribution is 6.33. The fourth-order valence-electron chi connectivity index (χ4n) is 1.03. The molecule has 0 heterocycles. The first-order valence-corrected chi connectivity index (χ1v) is 5.37. The summed E-state index contributed by atoms with van der Waals surface area (Å²) in [4.78, 5) is 11.7. The Kier molecular flexibility index (Phi) is 3.81. The molecule has 0 spiro atoms. The Bertz CT molecular complexity index is 396. The third-order valence-electron chi connectivity index (χ3n) is 2.11. The molecule has 0 fully saturated rings. The first kappa shape index (κ1) is 12.8. The van der Waals surface area contributed by atoms with Crippen molar-refractivity contribution in [3.05, 3.63) is 23.2 Å². The van der Waals surface area contributed by atoms with Crippen molar-refractivity contribution < 1.29 is 9.53 Å². The van der Waals surface area contributed by atoms with Gasteiger partial charge in [-0.25, -0.2) is 0 Å². The van der Waals surface area contributed by atoms with E-state index in [9.17, 15) is 4.79 Å². The minimum absolute atomic E-state index is 0.0698. The maximum atomic E-state index is 11.7. The Balaban J connectivity index is 2.87. The van der Waals surface area contributed by atoms with E-state index >= 15 is 0 Å². The molecule has 1 aromatic carbocycles. The van der Waals surface area contributed by atoms with Crippen molar-refractivity contribution in [2.75, 3.05) is 12.4 Å². The summed E-state index contributed by atoms with van der Waals surface area (Å²) in [6.07, 6.45) is 0. The van der Waals surface area contributed by atoms with Crippen LogP contribution in [0.3, 0.4) is 0 Å². The zero-order valence-electron chi connectivity index (χ0n) is 9.93. The number of rotatable bonds is 2. The summed E-state index contributed by atoms with van der Waals surface area (Å²) in [5.41, 5.74) is 0.158. The van der Waals surface area contributed by atoms with Crippen LogP contribution in [0, 0.1) is 5.41 Å². The van der Waals surface area contributed by atoms with Crippen LogP contribution in [0.2, 0.25) is 5.02 Å². The molecule has 0 saturated heterocycles. The van der Waals surface area contributed by atoms with E-state index in [0.717, 1.165) is 0 Å². The Hall–Kier alpha value is -1.22. The maximum Gasteiger partial charge on any atom is 0.229 e. The average molecular weight is 242 g/mol. The molecule has 0 aromatic heterocycles. The fraction of sp³-hybridized carbons (Fsp3) is 0.417. The smallest absolute Gasteiger partial charge is 0.229 e. The fourth-order valence-corrected chi connectivity index (χ4v) is 1.25. The van der Waals surface area contributed by atoms with Gasteiger partial charge in [0.25, 0.3) is 0 Å². The molecule has 88 valence electrons. The van der Waals surface area contributed by atoms with Crippen LogP contribution in [-0.2, 0) is 4.79 Å². The number of hydrogen-bond donors (Lipinski definition) is 1. The molecule has 0 aliphatic rings. The molecule has 1 N–H and O–H groups in total. The van der Waals surface area contributed by atoms with Gasteiger partial charge in [0.1, 0.15) is 5.75 Å². The van der Waals surface area contributed by atoms with Gasteiger partial charge in [-0.15, -0.1) is 0 Å². The van der Waals surface area contributed by atoms with E-state index in [2.05, 4.69) is 5.32 Å². The van der Waals surface area contributed by atoms with E-state index in [-0.39, 0.29) is 5.91 Å². The van der Waals surface area contributed by atoms with Crippen LogP contribution in [0.1, 0.15) is 20.8 Å². The highest BCUT2D eigenvalue weighted by atomic mass is 35.5. The molecule has 0 bridgehead atoms. The molecule has 4 heteroatoms.